The van der Waals surface area contributed by atoms with Crippen LogP contribution in [0.25, 0.3) is 0 Å². The molecule has 4 atom stereocenters. The second kappa shape index (κ2) is 18.6. The standard InChI is InChI=1S/C29H52N4O6/c1-6-7-8-9-10-11-12-13-14-17-25(34)30-21(4)26(35)31-22(5)28(37)33-18-15-16-24(33)27(36)32-23(29(38)39)19-20(2)3/h20-24H,6-19H2,1-5H3,(H,30,34)(H,31,35)(H,32,36)(H,38,39). The van der Waals surface area contributed by atoms with Crippen LogP contribution in [0.1, 0.15) is 118 Å². The van der Waals surface area contributed by atoms with E-state index in [1.165, 1.54) is 43.4 Å². The fourth-order valence-electron chi connectivity index (χ4n) is 4.89. The number of nitrogens with one attached hydrogen (secondary N) is 3. The molecular weight excluding hydrogens is 500 g/mol. The van der Waals surface area contributed by atoms with Gasteiger partial charge in [-0.1, -0.05) is 72.1 Å². The third-order valence-electron chi connectivity index (χ3n) is 7.17. The Labute approximate surface area is 234 Å². The first-order valence-electron chi connectivity index (χ1n) is 14.9. The van der Waals surface area contributed by atoms with E-state index in [4.69, 9.17) is 0 Å². The average Bonchev–Trinajstić information content (AvgIpc) is 3.36. The molecule has 0 radical (unpaired) electrons. The zero-order chi connectivity index (χ0) is 29.4. The first-order chi connectivity index (χ1) is 18.5. The molecule has 0 aliphatic carbocycles. The van der Waals surface area contributed by atoms with Gasteiger partial charge in [-0.15, -0.1) is 0 Å². The van der Waals surface area contributed by atoms with Crippen molar-refractivity contribution >= 4 is 29.6 Å². The molecule has 0 aromatic heterocycles. The molecule has 4 amide bonds. The summed E-state index contributed by atoms with van der Waals surface area (Å²) in [5.41, 5.74) is 0. The quantitative estimate of drug-likeness (QED) is 0.180. The molecular formula is C29H52N4O6. The number of carboxylic acids is 1. The van der Waals surface area contributed by atoms with Gasteiger partial charge in [0.05, 0.1) is 0 Å². The molecule has 1 fully saturated rings. The van der Waals surface area contributed by atoms with Crippen molar-refractivity contribution in [3.63, 3.8) is 0 Å². The van der Waals surface area contributed by atoms with Crippen molar-refractivity contribution in [1.82, 2.24) is 20.9 Å². The van der Waals surface area contributed by atoms with Crippen molar-refractivity contribution in [2.24, 2.45) is 5.92 Å². The lowest BCUT2D eigenvalue weighted by Crippen LogP contribution is -2.56. The van der Waals surface area contributed by atoms with Gasteiger partial charge in [0.2, 0.25) is 23.6 Å². The normalized spacial score (nSPS) is 17.4. The van der Waals surface area contributed by atoms with Crippen molar-refractivity contribution in [3.8, 4) is 0 Å². The van der Waals surface area contributed by atoms with Crippen molar-refractivity contribution in [2.45, 2.75) is 142 Å². The second-order valence-electron chi connectivity index (χ2n) is 11.3. The number of hydrogen-bond donors (Lipinski definition) is 4. The van der Waals surface area contributed by atoms with Crippen LogP contribution in [0.4, 0.5) is 0 Å². The van der Waals surface area contributed by atoms with Crippen molar-refractivity contribution < 1.29 is 29.1 Å². The molecule has 1 aliphatic rings. The van der Waals surface area contributed by atoms with Crippen LogP contribution in [0.5, 0.6) is 0 Å². The molecule has 10 heteroatoms. The van der Waals surface area contributed by atoms with Gasteiger partial charge in [-0.25, -0.2) is 4.79 Å². The third-order valence-corrected chi connectivity index (χ3v) is 7.17. The average molecular weight is 553 g/mol. The highest BCUT2D eigenvalue weighted by Crippen LogP contribution is 2.19. The smallest absolute Gasteiger partial charge is 0.326 e. The summed E-state index contributed by atoms with van der Waals surface area (Å²) in [6.07, 6.45) is 12.1. The summed E-state index contributed by atoms with van der Waals surface area (Å²) < 4.78 is 0. The molecule has 1 saturated heterocycles. The molecule has 1 heterocycles. The van der Waals surface area contributed by atoms with Gasteiger partial charge in [0.15, 0.2) is 0 Å². The topological polar surface area (TPSA) is 145 Å². The SMILES string of the molecule is CCCCCCCCCCCC(=O)NC(C)C(=O)NC(C)C(=O)N1CCCC1C(=O)NC(CC(C)C)C(=O)O. The van der Waals surface area contributed by atoms with Crippen LogP contribution < -0.4 is 16.0 Å². The minimum Gasteiger partial charge on any atom is -0.480 e. The zero-order valence-corrected chi connectivity index (χ0v) is 24.7. The predicted octanol–water partition coefficient (Wildman–Crippen LogP) is 3.52. The maximum Gasteiger partial charge on any atom is 0.326 e. The number of nitrogens with zero attached hydrogens (tertiary/aromatic N) is 1. The van der Waals surface area contributed by atoms with Crippen LogP contribution >= 0.6 is 0 Å². The van der Waals surface area contributed by atoms with Gasteiger partial charge in [-0.2, -0.15) is 0 Å². The third kappa shape index (κ3) is 13.3. The van der Waals surface area contributed by atoms with Crippen LogP contribution in [0.2, 0.25) is 0 Å². The Bertz CT molecular complexity index is 803. The molecule has 0 bridgehead atoms. The van der Waals surface area contributed by atoms with Crippen LogP contribution in [0.3, 0.4) is 0 Å². The molecule has 0 aromatic rings. The highest BCUT2D eigenvalue weighted by Gasteiger charge is 2.38. The number of amides is 4. The van der Waals surface area contributed by atoms with Gasteiger partial charge in [0, 0.05) is 13.0 Å². The summed E-state index contributed by atoms with van der Waals surface area (Å²) in [4.78, 5) is 63.7. The van der Waals surface area contributed by atoms with Gasteiger partial charge in [-0.05, 0) is 45.4 Å². The predicted molar refractivity (Wildman–Crippen MR) is 151 cm³/mol. The first kappa shape index (κ1) is 34.4. The molecule has 4 N–H and O–H groups in total. The molecule has 1 aliphatic heterocycles. The number of carbonyl (C=O) groups is 5. The highest BCUT2D eigenvalue weighted by atomic mass is 16.4. The number of likely N-dealkylation sites (tertiary alicyclic amines) is 1. The van der Waals surface area contributed by atoms with Crippen molar-refractivity contribution in [3.05, 3.63) is 0 Å². The summed E-state index contributed by atoms with van der Waals surface area (Å²) in [7, 11) is 0. The Morgan fingerprint density at radius 3 is 1.97 bits per heavy atom. The van der Waals surface area contributed by atoms with Gasteiger partial charge in [0.1, 0.15) is 24.2 Å². The Morgan fingerprint density at radius 1 is 0.821 bits per heavy atom. The maximum atomic E-state index is 13.1. The van der Waals surface area contributed by atoms with E-state index in [1.54, 1.807) is 13.8 Å². The second-order valence-corrected chi connectivity index (χ2v) is 11.3. The van der Waals surface area contributed by atoms with E-state index in [-0.39, 0.29) is 18.2 Å². The number of carboxylic acid groups (broad SMARTS) is 1. The lowest BCUT2D eigenvalue weighted by atomic mass is 10.0. The van der Waals surface area contributed by atoms with Gasteiger partial charge in [0.25, 0.3) is 0 Å². The fraction of sp³-hybridized carbons (Fsp3) is 0.828. The minimum absolute atomic E-state index is 0.0792. The molecule has 10 nitrogen and oxygen atoms in total. The Hall–Kier alpha value is -2.65. The lowest BCUT2D eigenvalue weighted by molar-refractivity contribution is -0.145. The van der Waals surface area contributed by atoms with Gasteiger partial charge < -0.3 is 26.0 Å². The van der Waals surface area contributed by atoms with Crippen molar-refractivity contribution in [1.29, 1.82) is 0 Å². The van der Waals surface area contributed by atoms with E-state index in [0.29, 0.717) is 25.8 Å². The van der Waals surface area contributed by atoms with E-state index in [2.05, 4.69) is 22.9 Å². The Kier molecular flexibility index (Phi) is 16.4. The van der Waals surface area contributed by atoms with E-state index in [1.807, 2.05) is 13.8 Å². The number of carbonyl (C=O) groups excluding carboxylic acids is 4. The van der Waals surface area contributed by atoms with Gasteiger partial charge in [-0.3, -0.25) is 19.2 Å². The van der Waals surface area contributed by atoms with E-state index < -0.39 is 47.9 Å². The monoisotopic (exact) mass is 552 g/mol. The number of unbranched alkanes of at least 4 members (excludes halogenated alkanes) is 8. The largest absolute Gasteiger partial charge is 0.480 e. The van der Waals surface area contributed by atoms with Crippen LogP contribution in [-0.4, -0.2) is 70.3 Å². The Morgan fingerprint density at radius 2 is 1.41 bits per heavy atom. The van der Waals surface area contributed by atoms with Crippen molar-refractivity contribution in [2.75, 3.05) is 6.54 Å². The first-order valence-corrected chi connectivity index (χ1v) is 14.9. The molecule has 0 aromatic carbocycles. The lowest BCUT2D eigenvalue weighted by Gasteiger charge is -2.28. The summed E-state index contributed by atoms with van der Waals surface area (Å²) in [5.74, 6) is -2.60. The van der Waals surface area contributed by atoms with Crippen LogP contribution in [-0.2, 0) is 24.0 Å². The van der Waals surface area contributed by atoms with Crippen LogP contribution in [0, 0.1) is 5.92 Å². The molecule has 4 unspecified atom stereocenters. The Balaban J connectivity index is 2.45. The van der Waals surface area contributed by atoms with Crippen LogP contribution in [0.15, 0.2) is 0 Å². The molecule has 0 spiro atoms. The maximum absolute atomic E-state index is 13.1. The highest BCUT2D eigenvalue weighted by molar-refractivity contribution is 5.95. The number of rotatable bonds is 19. The summed E-state index contributed by atoms with van der Waals surface area (Å²) in [6, 6.07) is -3.49. The zero-order valence-electron chi connectivity index (χ0n) is 24.7. The fourth-order valence-corrected chi connectivity index (χ4v) is 4.89. The number of aliphatic carboxylic acids is 1. The molecule has 224 valence electrons. The molecule has 0 saturated carbocycles. The summed E-state index contributed by atoms with van der Waals surface area (Å²) >= 11 is 0. The number of hydrogen-bond acceptors (Lipinski definition) is 5. The van der Waals surface area contributed by atoms with E-state index in [0.717, 1.165) is 19.3 Å². The van der Waals surface area contributed by atoms with Gasteiger partial charge >= 0.3 is 5.97 Å². The summed E-state index contributed by atoms with van der Waals surface area (Å²) in [6.45, 7) is 9.43. The minimum atomic E-state index is -1.11. The molecule has 1 rings (SSSR count). The van der Waals surface area contributed by atoms with E-state index >= 15 is 0 Å². The summed E-state index contributed by atoms with van der Waals surface area (Å²) in [5, 5.41) is 17.3. The van der Waals surface area contributed by atoms with E-state index in [9.17, 15) is 29.1 Å². The molecule has 39 heavy (non-hydrogen) atoms.